The fourth-order valence-electron chi connectivity index (χ4n) is 3.36. The summed E-state index contributed by atoms with van der Waals surface area (Å²) in [6, 6.07) is 10.9. The number of anilines is 1. The Morgan fingerprint density at radius 1 is 0.947 bits per heavy atom. The molecule has 2 heterocycles. The molecule has 0 bridgehead atoms. The van der Waals surface area contributed by atoms with E-state index in [0.717, 1.165) is 3.80 Å². The van der Waals surface area contributed by atoms with Crippen LogP contribution in [0.25, 0.3) is 0 Å². The molecule has 19 heavy (non-hydrogen) atoms. The molecule has 2 aliphatic rings. The zero-order valence-electron chi connectivity index (χ0n) is 11.8. The fraction of sp³-hybridized carbons (Fsp3) is 0.500. The van der Waals surface area contributed by atoms with Crippen molar-refractivity contribution >= 4 is 27.1 Å². The number of nitrogens with zero attached hydrogens (tertiary/aromatic N) is 2. The predicted molar refractivity (Wildman–Crippen MR) is 84.2 cm³/mol. The summed E-state index contributed by atoms with van der Waals surface area (Å²) in [6.45, 7) is 7.40. The van der Waals surface area contributed by atoms with Gasteiger partial charge in [-0.3, -0.25) is 0 Å². The van der Waals surface area contributed by atoms with Gasteiger partial charge in [0.1, 0.15) is 0 Å². The quantitative estimate of drug-likeness (QED) is 0.767. The van der Waals surface area contributed by atoms with Crippen molar-refractivity contribution in [1.29, 1.82) is 0 Å². The third-order valence-electron chi connectivity index (χ3n) is 4.74. The van der Waals surface area contributed by atoms with Crippen LogP contribution in [0.3, 0.4) is 0 Å². The van der Waals surface area contributed by atoms with Gasteiger partial charge in [0.2, 0.25) is 0 Å². The zero-order chi connectivity index (χ0) is 13.1. The van der Waals surface area contributed by atoms with Crippen LogP contribution >= 0.6 is 0 Å². The molecule has 0 aromatic heterocycles. The van der Waals surface area contributed by atoms with Crippen molar-refractivity contribution in [3.8, 4) is 0 Å². The van der Waals surface area contributed by atoms with E-state index in [1.807, 2.05) is 0 Å². The molecule has 2 nitrogen and oxygen atoms in total. The molecule has 1 aromatic rings. The number of piperazine rings is 1. The van der Waals surface area contributed by atoms with Crippen molar-refractivity contribution in [3.05, 3.63) is 42.5 Å². The van der Waals surface area contributed by atoms with Crippen molar-refractivity contribution in [2.24, 2.45) is 0 Å². The monoisotopic (exact) mass is 358 g/mol. The average molecular weight is 358 g/mol. The van der Waals surface area contributed by atoms with Crippen molar-refractivity contribution in [3.63, 3.8) is 0 Å². The van der Waals surface area contributed by atoms with Crippen LogP contribution in [-0.4, -0.2) is 56.3 Å². The Balaban J connectivity index is 1.54. The van der Waals surface area contributed by atoms with Gasteiger partial charge in [-0.1, -0.05) is 0 Å². The van der Waals surface area contributed by atoms with Crippen LogP contribution < -0.4 is 4.90 Å². The molecule has 1 aromatic carbocycles. The molecule has 0 aliphatic carbocycles. The van der Waals surface area contributed by atoms with Gasteiger partial charge in [0.15, 0.2) is 0 Å². The van der Waals surface area contributed by atoms with Gasteiger partial charge >= 0.3 is 125 Å². The molecule has 0 radical (unpaired) electrons. The second-order valence-electron chi connectivity index (χ2n) is 5.80. The Morgan fingerprint density at radius 3 is 2.21 bits per heavy atom. The minimum absolute atomic E-state index is 0.940. The molecule has 1 saturated heterocycles. The zero-order valence-corrected chi connectivity index (χ0v) is 15.1. The van der Waals surface area contributed by atoms with E-state index in [1.165, 1.54) is 40.2 Å². The second-order valence-corrected chi connectivity index (χ2v) is 15.6. The Morgan fingerprint density at radius 2 is 1.58 bits per heavy atom. The topological polar surface area (TPSA) is 6.48 Å². The van der Waals surface area contributed by atoms with Crippen molar-refractivity contribution in [2.45, 2.75) is 19.1 Å². The summed E-state index contributed by atoms with van der Waals surface area (Å²) < 4.78 is 3.92. The van der Waals surface area contributed by atoms with E-state index in [2.05, 4.69) is 59.2 Å². The Bertz CT molecular complexity index is 416. The molecule has 1 atom stereocenters. The summed E-state index contributed by atoms with van der Waals surface area (Å²) in [7, 11) is 0. The van der Waals surface area contributed by atoms with E-state index in [9.17, 15) is 0 Å². The van der Waals surface area contributed by atoms with Crippen molar-refractivity contribution in [2.75, 3.05) is 31.1 Å². The van der Waals surface area contributed by atoms with Gasteiger partial charge in [0.25, 0.3) is 0 Å². The van der Waals surface area contributed by atoms with Crippen LogP contribution in [0, 0.1) is 0 Å². The third kappa shape index (κ3) is 3.19. The van der Waals surface area contributed by atoms with Gasteiger partial charge in [0.05, 0.1) is 0 Å². The van der Waals surface area contributed by atoms with Gasteiger partial charge < -0.3 is 0 Å². The molecule has 0 spiro atoms. The summed E-state index contributed by atoms with van der Waals surface area (Å²) in [5, 5.41) is 0. The molecule has 3 heteroatoms. The van der Waals surface area contributed by atoms with Crippen LogP contribution in [0.4, 0.5) is 5.69 Å². The van der Waals surface area contributed by atoms with Gasteiger partial charge in [-0.15, -0.1) is 0 Å². The molecular weight excluding hydrogens is 335 g/mol. The van der Waals surface area contributed by atoms with Gasteiger partial charge in [-0.2, -0.15) is 0 Å². The van der Waals surface area contributed by atoms with Gasteiger partial charge in [-0.25, -0.2) is 0 Å². The number of para-hydroxylation sites is 1. The first-order valence-electron chi connectivity index (χ1n) is 7.53. The van der Waals surface area contributed by atoms with Crippen LogP contribution in [0.1, 0.15) is 6.92 Å². The average Bonchev–Trinajstić information content (AvgIpc) is 3.02. The van der Waals surface area contributed by atoms with E-state index >= 15 is 0 Å². The molecule has 100 valence electrons. The Hall–Kier alpha value is -0.410. The summed E-state index contributed by atoms with van der Waals surface area (Å²) >= 11 is -1.26. The summed E-state index contributed by atoms with van der Waals surface area (Å²) in [5.41, 5.74) is 1.39. The minimum atomic E-state index is -1.26. The molecule has 1 fully saturated rings. The van der Waals surface area contributed by atoms with Crippen molar-refractivity contribution in [1.82, 2.24) is 4.90 Å². The van der Waals surface area contributed by atoms with E-state index in [0.29, 0.717) is 0 Å². The number of hydrogen-bond donors (Lipinski definition) is 0. The van der Waals surface area contributed by atoms with Crippen molar-refractivity contribution < 1.29 is 0 Å². The number of hydrogen-bond acceptors (Lipinski definition) is 2. The van der Waals surface area contributed by atoms with Crippen LogP contribution in [-0.2, 0) is 0 Å². The molecule has 3 rings (SSSR count). The SMILES string of the molecule is C[CH](N1CCN(c2ccccc2)CC1)[In]1[CH2]C=C[CH2]1. The molecular formula is C16H23InN2. The van der Waals surface area contributed by atoms with Crippen LogP contribution in [0.2, 0.25) is 8.35 Å². The summed E-state index contributed by atoms with van der Waals surface area (Å²) in [5.74, 6) is 0. The van der Waals surface area contributed by atoms with E-state index in [1.54, 1.807) is 0 Å². The van der Waals surface area contributed by atoms with Gasteiger partial charge in [-0.05, 0) is 0 Å². The molecule has 1 unspecified atom stereocenters. The Labute approximate surface area is 124 Å². The third-order valence-corrected chi connectivity index (χ3v) is 14.8. The fourth-order valence-corrected chi connectivity index (χ4v) is 11.8. The standard InChI is InChI=1S/C12H17N2.C4H6.In/c1-2-13-8-10-14(11-9-13)12-6-4-3-5-7-12;1-3-4-2;/h2-7H,8-11H2,1H3;3-4H,1-2H2;. The number of rotatable bonds is 3. The molecule has 0 saturated carbocycles. The summed E-state index contributed by atoms with van der Waals surface area (Å²) in [6.07, 6.45) is 4.88. The summed E-state index contributed by atoms with van der Waals surface area (Å²) in [4.78, 5) is 5.30. The van der Waals surface area contributed by atoms with Crippen LogP contribution in [0.5, 0.6) is 0 Å². The molecule has 0 amide bonds. The van der Waals surface area contributed by atoms with Crippen LogP contribution in [0.15, 0.2) is 42.5 Å². The second kappa shape index (κ2) is 6.36. The normalized spacial score (nSPS) is 21.9. The van der Waals surface area contributed by atoms with E-state index < -0.39 is 21.4 Å². The maximum absolute atomic E-state index is 2.77. The van der Waals surface area contributed by atoms with E-state index in [-0.39, 0.29) is 0 Å². The first kappa shape index (κ1) is 13.6. The first-order valence-corrected chi connectivity index (χ1v) is 14.1. The van der Waals surface area contributed by atoms with Gasteiger partial charge in [0, 0.05) is 0 Å². The first-order chi connectivity index (χ1) is 9.34. The number of allylic oxidation sites excluding steroid dienone is 2. The number of benzene rings is 1. The maximum atomic E-state index is 2.77. The van der Waals surface area contributed by atoms with E-state index in [4.69, 9.17) is 0 Å². The Kier molecular flexibility index (Phi) is 4.54. The molecule has 0 N–H and O–H groups in total. The predicted octanol–water partition coefficient (Wildman–Crippen LogP) is 2.80. The molecule has 2 aliphatic heterocycles.